The second-order valence-corrected chi connectivity index (χ2v) is 8.27. The summed E-state index contributed by atoms with van der Waals surface area (Å²) in [7, 11) is 0. The van der Waals surface area contributed by atoms with E-state index >= 15 is 0 Å². The molecule has 0 aromatic heterocycles. The molecule has 0 saturated heterocycles. The molecule has 1 nitrogen and oxygen atoms in total. The number of hydrogen-bond acceptors (Lipinski definition) is 1. The topological polar surface area (TPSA) is 9.23 Å². The van der Waals surface area contributed by atoms with E-state index in [4.69, 9.17) is 4.74 Å². The van der Waals surface area contributed by atoms with Crippen LogP contribution in [-0.2, 0) is 4.74 Å². The average molecular weight is 266 g/mol. The first-order valence-corrected chi connectivity index (χ1v) is 7.97. The minimum Gasteiger partial charge on any atom is -0.372 e. The van der Waals surface area contributed by atoms with E-state index in [-0.39, 0.29) is 5.60 Å². The average Bonchev–Trinajstić information content (AvgIpc) is 2.23. The Labute approximate surface area is 120 Å². The minimum absolute atomic E-state index is 0.0299. The highest BCUT2D eigenvalue weighted by atomic mass is 16.5. The molecule has 0 aliphatic heterocycles. The molecule has 1 aliphatic carbocycles. The van der Waals surface area contributed by atoms with E-state index in [1.807, 2.05) is 0 Å². The van der Waals surface area contributed by atoms with Crippen LogP contribution in [0.2, 0.25) is 0 Å². The second kappa shape index (κ2) is 6.43. The first-order valence-electron chi connectivity index (χ1n) is 7.97. The van der Waals surface area contributed by atoms with Crippen molar-refractivity contribution in [1.82, 2.24) is 0 Å². The van der Waals surface area contributed by atoms with Crippen LogP contribution in [0, 0.1) is 17.3 Å². The maximum atomic E-state index is 6.29. The summed E-state index contributed by atoms with van der Waals surface area (Å²) < 4.78 is 6.29. The van der Waals surface area contributed by atoms with Crippen molar-refractivity contribution in [2.45, 2.75) is 85.9 Å². The summed E-state index contributed by atoms with van der Waals surface area (Å²) in [5.41, 5.74) is 0.405. The lowest BCUT2D eigenvalue weighted by Gasteiger charge is -2.39. The number of hydrogen-bond donors (Lipinski definition) is 0. The monoisotopic (exact) mass is 266 g/mol. The van der Waals surface area contributed by atoms with Gasteiger partial charge in [0.25, 0.3) is 0 Å². The molecule has 3 unspecified atom stereocenters. The van der Waals surface area contributed by atoms with E-state index in [2.05, 4.69) is 60.6 Å². The van der Waals surface area contributed by atoms with Gasteiger partial charge in [-0.05, 0) is 57.3 Å². The molecule has 0 saturated carbocycles. The van der Waals surface area contributed by atoms with Gasteiger partial charge in [0, 0.05) is 0 Å². The standard InChI is InChI=1S/C18H34O/c1-8-15-14(12-13-17(2,3)4)10-9-11-16(15)19-18(5,6)7/h9-10,14-16H,8,11-13H2,1-7H3. The first kappa shape index (κ1) is 16.8. The molecule has 0 N–H and O–H groups in total. The van der Waals surface area contributed by atoms with E-state index in [0.29, 0.717) is 23.4 Å². The number of rotatable bonds is 4. The lowest BCUT2D eigenvalue weighted by molar-refractivity contribution is -0.0951. The Morgan fingerprint density at radius 1 is 1.11 bits per heavy atom. The van der Waals surface area contributed by atoms with Crippen LogP contribution in [0.1, 0.15) is 74.1 Å². The quantitative estimate of drug-likeness (QED) is 0.602. The molecule has 0 aromatic carbocycles. The van der Waals surface area contributed by atoms with Gasteiger partial charge in [0.05, 0.1) is 11.7 Å². The van der Waals surface area contributed by atoms with Crippen LogP contribution in [0.4, 0.5) is 0 Å². The summed E-state index contributed by atoms with van der Waals surface area (Å²) in [6.45, 7) is 15.8. The second-order valence-electron chi connectivity index (χ2n) is 8.27. The van der Waals surface area contributed by atoms with Gasteiger partial charge < -0.3 is 4.74 Å². The molecule has 0 bridgehead atoms. The minimum atomic E-state index is -0.0299. The number of allylic oxidation sites excluding steroid dienone is 1. The van der Waals surface area contributed by atoms with Crippen LogP contribution in [0.5, 0.6) is 0 Å². The molecule has 0 amide bonds. The Hall–Kier alpha value is -0.300. The summed E-state index contributed by atoms with van der Waals surface area (Å²) in [5.74, 6) is 1.39. The lowest BCUT2D eigenvalue weighted by Crippen LogP contribution is -2.37. The largest absolute Gasteiger partial charge is 0.372 e. The third kappa shape index (κ3) is 6.12. The van der Waals surface area contributed by atoms with E-state index < -0.39 is 0 Å². The van der Waals surface area contributed by atoms with Crippen molar-refractivity contribution in [2.75, 3.05) is 0 Å². The molecule has 0 radical (unpaired) electrons. The third-order valence-electron chi connectivity index (χ3n) is 3.98. The fourth-order valence-corrected chi connectivity index (χ4v) is 3.05. The SMILES string of the molecule is CCC1C(CCC(C)(C)C)C=CCC1OC(C)(C)C. The van der Waals surface area contributed by atoms with E-state index in [1.54, 1.807) is 0 Å². The molecular weight excluding hydrogens is 232 g/mol. The van der Waals surface area contributed by atoms with Crippen molar-refractivity contribution >= 4 is 0 Å². The molecule has 112 valence electrons. The third-order valence-corrected chi connectivity index (χ3v) is 3.98. The molecule has 1 heteroatoms. The Morgan fingerprint density at radius 3 is 2.21 bits per heavy atom. The van der Waals surface area contributed by atoms with E-state index in [9.17, 15) is 0 Å². The normalized spacial score (nSPS) is 28.7. The molecule has 3 atom stereocenters. The fraction of sp³-hybridized carbons (Fsp3) is 0.889. The summed E-state index contributed by atoms with van der Waals surface area (Å²) in [6.07, 6.45) is 10.1. The Morgan fingerprint density at radius 2 is 1.74 bits per heavy atom. The molecule has 0 spiro atoms. The zero-order valence-electron chi connectivity index (χ0n) is 14.1. The first-order chi connectivity index (χ1) is 8.62. The molecule has 1 rings (SSSR count). The summed E-state index contributed by atoms with van der Waals surface area (Å²) >= 11 is 0. The molecule has 0 aromatic rings. The maximum Gasteiger partial charge on any atom is 0.0650 e. The Bertz CT molecular complexity index is 290. The summed E-state index contributed by atoms with van der Waals surface area (Å²) in [5, 5.41) is 0. The lowest BCUT2D eigenvalue weighted by atomic mass is 9.75. The highest BCUT2D eigenvalue weighted by molar-refractivity contribution is 5.01. The van der Waals surface area contributed by atoms with Crippen LogP contribution >= 0.6 is 0 Å². The van der Waals surface area contributed by atoms with Gasteiger partial charge in [0.1, 0.15) is 0 Å². The van der Waals surface area contributed by atoms with Gasteiger partial charge >= 0.3 is 0 Å². The van der Waals surface area contributed by atoms with Gasteiger partial charge in [0.2, 0.25) is 0 Å². The van der Waals surface area contributed by atoms with Crippen molar-refractivity contribution in [3.63, 3.8) is 0 Å². The van der Waals surface area contributed by atoms with E-state index in [1.165, 1.54) is 19.3 Å². The van der Waals surface area contributed by atoms with Gasteiger partial charge in [-0.2, -0.15) is 0 Å². The number of ether oxygens (including phenoxy) is 1. The highest BCUT2D eigenvalue weighted by Gasteiger charge is 2.32. The Balaban J connectivity index is 2.66. The van der Waals surface area contributed by atoms with Crippen molar-refractivity contribution in [1.29, 1.82) is 0 Å². The Kier molecular flexibility index (Phi) is 5.67. The fourth-order valence-electron chi connectivity index (χ4n) is 3.05. The van der Waals surface area contributed by atoms with Crippen LogP contribution in [0.3, 0.4) is 0 Å². The molecule has 1 aliphatic rings. The van der Waals surface area contributed by atoms with Gasteiger partial charge in [-0.1, -0.05) is 46.3 Å². The van der Waals surface area contributed by atoms with Crippen LogP contribution in [0.25, 0.3) is 0 Å². The van der Waals surface area contributed by atoms with Crippen molar-refractivity contribution in [2.24, 2.45) is 17.3 Å². The summed E-state index contributed by atoms with van der Waals surface area (Å²) in [4.78, 5) is 0. The van der Waals surface area contributed by atoms with Crippen LogP contribution < -0.4 is 0 Å². The van der Waals surface area contributed by atoms with Gasteiger partial charge in [0.15, 0.2) is 0 Å². The molecule has 19 heavy (non-hydrogen) atoms. The van der Waals surface area contributed by atoms with Gasteiger partial charge in [-0.3, -0.25) is 0 Å². The predicted octanol–water partition coefficient (Wildman–Crippen LogP) is 5.60. The maximum absolute atomic E-state index is 6.29. The highest BCUT2D eigenvalue weighted by Crippen LogP contribution is 2.37. The van der Waals surface area contributed by atoms with Crippen LogP contribution in [-0.4, -0.2) is 11.7 Å². The smallest absolute Gasteiger partial charge is 0.0650 e. The summed E-state index contributed by atoms with van der Waals surface area (Å²) in [6, 6.07) is 0. The zero-order chi connectivity index (χ0) is 14.7. The van der Waals surface area contributed by atoms with Crippen molar-refractivity contribution in [3.05, 3.63) is 12.2 Å². The zero-order valence-corrected chi connectivity index (χ0v) is 14.1. The van der Waals surface area contributed by atoms with Crippen molar-refractivity contribution < 1.29 is 4.74 Å². The molecule has 0 fully saturated rings. The van der Waals surface area contributed by atoms with Crippen molar-refractivity contribution in [3.8, 4) is 0 Å². The van der Waals surface area contributed by atoms with Gasteiger partial charge in [-0.15, -0.1) is 0 Å². The van der Waals surface area contributed by atoms with E-state index in [0.717, 1.165) is 6.42 Å². The molecule has 0 heterocycles. The molecular formula is C18H34O. The predicted molar refractivity (Wildman–Crippen MR) is 84.3 cm³/mol. The van der Waals surface area contributed by atoms with Gasteiger partial charge in [-0.25, -0.2) is 0 Å². The van der Waals surface area contributed by atoms with Crippen LogP contribution in [0.15, 0.2) is 12.2 Å².